The van der Waals surface area contributed by atoms with E-state index in [9.17, 15) is 5.11 Å². The zero-order valence-electron chi connectivity index (χ0n) is 10.3. The van der Waals surface area contributed by atoms with Crippen LogP contribution < -0.4 is 10.5 Å². The lowest BCUT2D eigenvalue weighted by Crippen LogP contribution is -2.41. The Morgan fingerprint density at radius 2 is 2.18 bits per heavy atom. The number of rotatable bonds is 6. The molecule has 0 aliphatic heterocycles. The number of hydrogen-bond donors (Lipinski definition) is 2. The Labute approximate surface area is 108 Å². The van der Waals surface area contributed by atoms with Crippen molar-refractivity contribution in [3.8, 4) is 5.75 Å². The second-order valence-electron chi connectivity index (χ2n) is 4.20. The Morgan fingerprint density at radius 3 is 2.76 bits per heavy atom. The molecule has 0 amide bonds. The first-order valence-electron chi connectivity index (χ1n) is 5.87. The summed E-state index contributed by atoms with van der Waals surface area (Å²) < 4.78 is 5.73. The van der Waals surface area contributed by atoms with Gasteiger partial charge in [0.2, 0.25) is 0 Å². The molecule has 0 saturated carbocycles. The Balaban J connectivity index is 2.76. The van der Waals surface area contributed by atoms with Crippen molar-refractivity contribution in [2.75, 3.05) is 6.61 Å². The molecular formula is C13H20ClNO2. The molecule has 4 heteroatoms. The molecule has 0 heterocycles. The Morgan fingerprint density at radius 1 is 1.47 bits per heavy atom. The predicted molar refractivity (Wildman–Crippen MR) is 70.6 cm³/mol. The van der Waals surface area contributed by atoms with Crippen LogP contribution in [0.25, 0.3) is 0 Å². The van der Waals surface area contributed by atoms with Crippen LogP contribution in [0.5, 0.6) is 5.75 Å². The van der Waals surface area contributed by atoms with Crippen molar-refractivity contribution in [3.05, 3.63) is 28.8 Å². The molecular weight excluding hydrogens is 238 g/mol. The second-order valence-corrected chi connectivity index (χ2v) is 4.64. The van der Waals surface area contributed by atoms with E-state index in [-0.39, 0.29) is 18.8 Å². The van der Waals surface area contributed by atoms with Gasteiger partial charge in [0.1, 0.15) is 11.9 Å². The fourth-order valence-corrected chi connectivity index (χ4v) is 1.81. The van der Waals surface area contributed by atoms with Crippen molar-refractivity contribution in [2.24, 2.45) is 5.73 Å². The molecule has 3 N–H and O–H groups in total. The van der Waals surface area contributed by atoms with E-state index in [1.165, 1.54) is 0 Å². The van der Waals surface area contributed by atoms with Gasteiger partial charge < -0.3 is 15.6 Å². The average molecular weight is 258 g/mol. The highest BCUT2D eigenvalue weighted by molar-refractivity contribution is 6.30. The van der Waals surface area contributed by atoms with Gasteiger partial charge in [-0.2, -0.15) is 0 Å². The molecule has 2 atom stereocenters. The van der Waals surface area contributed by atoms with Crippen LogP contribution in [-0.2, 0) is 0 Å². The van der Waals surface area contributed by atoms with E-state index in [0.29, 0.717) is 10.8 Å². The number of ether oxygens (including phenoxy) is 1. The minimum atomic E-state index is -0.382. The summed E-state index contributed by atoms with van der Waals surface area (Å²) in [5, 5.41) is 9.92. The molecule has 0 saturated heterocycles. The van der Waals surface area contributed by atoms with Crippen LogP contribution in [-0.4, -0.2) is 23.9 Å². The van der Waals surface area contributed by atoms with Gasteiger partial charge in [-0.3, -0.25) is 0 Å². The second kappa shape index (κ2) is 6.84. The van der Waals surface area contributed by atoms with E-state index in [2.05, 4.69) is 6.92 Å². The van der Waals surface area contributed by atoms with Crippen molar-refractivity contribution < 1.29 is 9.84 Å². The largest absolute Gasteiger partial charge is 0.486 e. The normalized spacial score (nSPS) is 14.4. The molecule has 0 aromatic heterocycles. The number of benzene rings is 1. The number of aliphatic hydroxyl groups is 1. The van der Waals surface area contributed by atoms with Crippen LogP contribution in [0, 0.1) is 6.92 Å². The van der Waals surface area contributed by atoms with E-state index in [4.69, 9.17) is 22.1 Å². The average Bonchev–Trinajstić information content (AvgIpc) is 2.30. The van der Waals surface area contributed by atoms with E-state index in [0.717, 1.165) is 18.4 Å². The number of hydrogen-bond acceptors (Lipinski definition) is 3. The van der Waals surface area contributed by atoms with Crippen molar-refractivity contribution >= 4 is 11.6 Å². The predicted octanol–water partition coefficient (Wildman–Crippen LogP) is 2.52. The first-order valence-corrected chi connectivity index (χ1v) is 6.25. The summed E-state index contributed by atoms with van der Waals surface area (Å²) in [7, 11) is 0. The number of halogens is 1. The van der Waals surface area contributed by atoms with Gasteiger partial charge in [0, 0.05) is 11.1 Å². The van der Waals surface area contributed by atoms with Gasteiger partial charge in [-0.1, -0.05) is 31.0 Å². The molecule has 2 unspecified atom stereocenters. The standard InChI is InChI=1S/C13H20ClNO2/c1-3-4-11(15)13(8-16)17-12-7-10(14)6-5-9(12)2/h5-7,11,13,16H,3-4,8,15H2,1-2H3. The Hall–Kier alpha value is -0.770. The molecule has 0 radical (unpaired) electrons. The van der Waals surface area contributed by atoms with Crippen LogP contribution in [0.1, 0.15) is 25.3 Å². The van der Waals surface area contributed by atoms with Gasteiger partial charge in [0.25, 0.3) is 0 Å². The third kappa shape index (κ3) is 4.19. The molecule has 1 rings (SSSR count). The zero-order valence-corrected chi connectivity index (χ0v) is 11.1. The summed E-state index contributed by atoms with van der Waals surface area (Å²) in [4.78, 5) is 0. The highest BCUT2D eigenvalue weighted by Crippen LogP contribution is 2.24. The van der Waals surface area contributed by atoms with Crippen molar-refractivity contribution in [1.29, 1.82) is 0 Å². The summed E-state index contributed by atoms with van der Waals surface area (Å²) >= 11 is 5.91. The lowest BCUT2D eigenvalue weighted by Gasteiger charge is -2.24. The summed E-state index contributed by atoms with van der Waals surface area (Å²) in [6.45, 7) is 3.90. The third-order valence-corrected chi connectivity index (χ3v) is 2.94. The molecule has 0 aliphatic carbocycles. The first kappa shape index (κ1) is 14.3. The maximum atomic E-state index is 9.31. The summed E-state index contributed by atoms with van der Waals surface area (Å²) in [5.74, 6) is 0.683. The lowest BCUT2D eigenvalue weighted by molar-refractivity contribution is 0.0911. The van der Waals surface area contributed by atoms with Crippen LogP contribution in [0.4, 0.5) is 0 Å². The topological polar surface area (TPSA) is 55.5 Å². The zero-order chi connectivity index (χ0) is 12.8. The number of aryl methyl sites for hydroxylation is 1. The van der Waals surface area contributed by atoms with Crippen LogP contribution in [0.3, 0.4) is 0 Å². The summed E-state index contributed by atoms with van der Waals surface area (Å²) in [5.41, 5.74) is 6.94. The lowest BCUT2D eigenvalue weighted by atomic mass is 10.1. The van der Waals surface area contributed by atoms with Crippen molar-refractivity contribution in [3.63, 3.8) is 0 Å². The van der Waals surface area contributed by atoms with Gasteiger partial charge in [-0.25, -0.2) is 0 Å². The summed E-state index contributed by atoms with van der Waals surface area (Å²) in [6, 6.07) is 5.28. The van der Waals surface area contributed by atoms with Gasteiger partial charge in [0.15, 0.2) is 0 Å². The fraction of sp³-hybridized carbons (Fsp3) is 0.538. The quantitative estimate of drug-likeness (QED) is 0.823. The number of aliphatic hydroxyl groups excluding tert-OH is 1. The maximum Gasteiger partial charge on any atom is 0.137 e. The van der Waals surface area contributed by atoms with E-state index in [1.54, 1.807) is 6.07 Å². The van der Waals surface area contributed by atoms with E-state index in [1.807, 2.05) is 19.1 Å². The summed E-state index contributed by atoms with van der Waals surface area (Å²) in [6.07, 6.45) is 1.41. The minimum absolute atomic E-state index is 0.0902. The smallest absolute Gasteiger partial charge is 0.137 e. The number of nitrogens with two attached hydrogens (primary N) is 1. The highest BCUT2D eigenvalue weighted by atomic mass is 35.5. The molecule has 0 bridgehead atoms. The SMILES string of the molecule is CCCC(N)C(CO)Oc1cc(Cl)ccc1C. The van der Waals surface area contributed by atoms with Crippen LogP contribution in [0.2, 0.25) is 5.02 Å². The molecule has 96 valence electrons. The Bertz CT molecular complexity index is 357. The van der Waals surface area contributed by atoms with Crippen molar-refractivity contribution in [1.82, 2.24) is 0 Å². The molecule has 1 aromatic carbocycles. The first-order chi connectivity index (χ1) is 8.08. The maximum absolute atomic E-state index is 9.31. The van der Waals surface area contributed by atoms with Crippen molar-refractivity contribution in [2.45, 2.75) is 38.8 Å². The van der Waals surface area contributed by atoms with Gasteiger partial charge >= 0.3 is 0 Å². The van der Waals surface area contributed by atoms with Gasteiger partial charge in [-0.05, 0) is 31.0 Å². The fourth-order valence-electron chi connectivity index (χ4n) is 1.64. The molecule has 0 aliphatic rings. The molecule has 0 fully saturated rings. The van der Waals surface area contributed by atoms with E-state index >= 15 is 0 Å². The molecule has 1 aromatic rings. The minimum Gasteiger partial charge on any atom is -0.486 e. The highest BCUT2D eigenvalue weighted by Gasteiger charge is 2.18. The Kier molecular flexibility index (Phi) is 5.75. The molecule has 0 spiro atoms. The van der Waals surface area contributed by atoms with Crippen LogP contribution >= 0.6 is 11.6 Å². The van der Waals surface area contributed by atoms with Gasteiger partial charge in [-0.15, -0.1) is 0 Å². The van der Waals surface area contributed by atoms with E-state index < -0.39 is 0 Å². The van der Waals surface area contributed by atoms with Crippen LogP contribution in [0.15, 0.2) is 18.2 Å². The third-order valence-electron chi connectivity index (χ3n) is 2.71. The van der Waals surface area contributed by atoms with Gasteiger partial charge in [0.05, 0.1) is 6.61 Å². The monoisotopic (exact) mass is 257 g/mol. The molecule has 17 heavy (non-hydrogen) atoms. The molecule has 3 nitrogen and oxygen atoms in total.